The van der Waals surface area contributed by atoms with Gasteiger partial charge in [-0.25, -0.2) is 9.97 Å². The van der Waals surface area contributed by atoms with Gasteiger partial charge in [-0.15, -0.1) is 0 Å². The Hall–Kier alpha value is -1.36. The van der Waals surface area contributed by atoms with Gasteiger partial charge in [-0.05, 0) is 33.6 Å². The minimum atomic E-state index is 0.247. The van der Waals surface area contributed by atoms with Crippen molar-refractivity contribution in [1.29, 1.82) is 0 Å². The molecule has 106 valence electrons. The van der Waals surface area contributed by atoms with Crippen molar-refractivity contribution in [3.63, 3.8) is 0 Å². The predicted molar refractivity (Wildman–Crippen MR) is 77.7 cm³/mol. The van der Waals surface area contributed by atoms with E-state index < -0.39 is 0 Å². The van der Waals surface area contributed by atoms with E-state index in [1.807, 2.05) is 13.0 Å². The number of nitrogens with zero attached hydrogens (tertiary/aromatic N) is 2. The first kappa shape index (κ1) is 14.1. The Morgan fingerprint density at radius 2 is 2.05 bits per heavy atom. The lowest BCUT2D eigenvalue weighted by Crippen LogP contribution is -2.22. The lowest BCUT2D eigenvalue weighted by molar-refractivity contribution is 0.141. The minimum absolute atomic E-state index is 0.247. The van der Waals surface area contributed by atoms with Gasteiger partial charge in [0.05, 0.1) is 6.61 Å². The van der Waals surface area contributed by atoms with Gasteiger partial charge < -0.3 is 15.4 Å². The zero-order valence-electron chi connectivity index (χ0n) is 12.1. The van der Waals surface area contributed by atoms with Gasteiger partial charge in [-0.3, -0.25) is 0 Å². The van der Waals surface area contributed by atoms with Crippen molar-refractivity contribution in [2.45, 2.75) is 45.6 Å². The van der Waals surface area contributed by atoms with Gasteiger partial charge in [-0.1, -0.05) is 0 Å². The number of hydrogen-bond donors (Lipinski definition) is 2. The van der Waals surface area contributed by atoms with Crippen LogP contribution in [0.3, 0.4) is 0 Å². The summed E-state index contributed by atoms with van der Waals surface area (Å²) in [4.78, 5) is 9.17. The maximum atomic E-state index is 5.41. The molecule has 0 bridgehead atoms. The predicted octanol–water partition coefficient (Wildman–Crippen LogP) is 2.62. The van der Waals surface area contributed by atoms with Gasteiger partial charge in [0.25, 0.3) is 0 Å². The van der Waals surface area contributed by atoms with Gasteiger partial charge in [0.2, 0.25) is 0 Å². The maximum absolute atomic E-state index is 5.41. The molecule has 1 atom stereocenters. The summed E-state index contributed by atoms with van der Waals surface area (Å²) >= 11 is 0. The Bertz CT molecular complexity index is 406. The molecule has 0 aromatic carbocycles. The number of rotatable bonds is 8. The highest BCUT2D eigenvalue weighted by atomic mass is 16.5. The zero-order valence-corrected chi connectivity index (χ0v) is 12.1. The molecule has 1 heterocycles. The average Bonchev–Trinajstić information content (AvgIpc) is 3.20. The fourth-order valence-electron chi connectivity index (χ4n) is 1.92. The molecule has 19 heavy (non-hydrogen) atoms. The smallest absolute Gasteiger partial charge is 0.136 e. The van der Waals surface area contributed by atoms with Crippen LogP contribution in [0.2, 0.25) is 0 Å². The van der Waals surface area contributed by atoms with E-state index in [4.69, 9.17) is 4.74 Å². The van der Waals surface area contributed by atoms with Crippen LogP contribution in [-0.2, 0) is 4.74 Å². The molecule has 1 aromatic rings. The van der Waals surface area contributed by atoms with Gasteiger partial charge in [0, 0.05) is 31.2 Å². The van der Waals surface area contributed by atoms with E-state index in [1.54, 1.807) is 0 Å². The zero-order chi connectivity index (χ0) is 13.7. The van der Waals surface area contributed by atoms with E-state index in [0.717, 1.165) is 30.6 Å². The Labute approximate surface area is 115 Å². The fourth-order valence-corrected chi connectivity index (χ4v) is 1.92. The molecule has 1 fully saturated rings. The molecule has 0 radical (unpaired) electrons. The topological polar surface area (TPSA) is 59.1 Å². The summed E-state index contributed by atoms with van der Waals surface area (Å²) in [7, 11) is 0. The third-order valence-electron chi connectivity index (χ3n) is 3.01. The molecule has 1 saturated carbocycles. The Balaban J connectivity index is 2.05. The second-order valence-corrected chi connectivity index (χ2v) is 5.01. The normalized spacial score (nSPS) is 16.2. The molecular weight excluding hydrogens is 240 g/mol. The van der Waals surface area contributed by atoms with Crippen LogP contribution in [0.4, 0.5) is 11.6 Å². The van der Waals surface area contributed by atoms with Crippen LogP contribution in [0.1, 0.15) is 45.4 Å². The number of nitrogens with one attached hydrogen (secondary N) is 2. The molecule has 1 aromatic heterocycles. The molecule has 1 aliphatic carbocycles. The summed E-state index contributed by atoms with van der Waals surface area (Å²) in [6.07, 6.45) is 2.42. The number of anilines is 2. The Morgan fingerprint density at radius 3 is 2.68 bits per heavy atom. The molecule has 0 amide bonds. The van der Waals surface area contributed by atoms with Gasteiger partial charge in [-0.2, -0.15) is 0 Å². The highest BCUT2D eigenvalue weighted by Gasteiger charge is 2.27. The van der Waals surface area contributed by atoms with Crippen molar-refractivity contribution in [3.8, 4) is 0 Å². The van der Waals surface area contributed by atoms with Crippen LogP contribution in [0.25, 0.3) is 0 Å². The number of aromatic nitrogens is 2. The molecule has 5 heteroatoms. The molecular formula is C14H24N4O. The largest absolute Gasteiger partial charge is 0.380 e. The van der Waals surface area contributed by atoms with E-state index in [1.165, 1.54) is 12.8 Å². The molecule has 0 aliphatic heterocycles. The van der Waals surface area contributed by atoms with E-state index in [2.05, 4.69) is 34.4 Å². The van der Waals surface area contributed by atoms with Crippen LogP contribution in [-0.4, -0.2) is 35.8 Å². The molecule has 2 N–H and O–H groups in total. The van der Waals surface area contributed by atoms with E-state index >= 15 is 0 Å². The molecule has 5 nitrogen and oxygen atoms in total. The van der Waals surface area contributed by atoms with E-state index in [9.17, 15) is 0 Å². The standard InChI is InChI=1S/C14H24N4O/c1-4-15-12-8-13(16-10(3)9-19-5-2)18-14(17-12)11-6-7-11/h8,10-11H,4-7,9H2,1-3H3,(H2,15,16,17,18). The van der Waals surface area contributed by atoms with Crippen molar-refractivity contribution >= 4 is 11.6 Å². The summed E-state index contributed by atoms with van der Waals surface area (Å²) in [6, 6.07) is 2.22. The number of ether oxygens (including phenoxy) is 1. The van der Waals surface area contributed by atoms with E-state index in [-0.39, 0.29) is 6.04 Å². The highest BCUT2D eigenvalue weighted by molar-refractivity contribution is 5.48. The maximum Gasteiger partial charge on any atom is 0.136 e. The first-order valence-corrected chi connectivity index (χ1v) is 7.20. The van der Waals surface area contributed by atoms with Crippen molar-refractivity contribution in [2.24, 2.45) is 0 Å². The van der Waals surface area contributed by atoms with Crippen LogP contribution in [0.5, 0.6) is 0 Å². The Morgan fingerprint density at radius 1 is 1.32 bits per heavy atom. The lowest BCUT2D eigenvalue weighted by Gasteiger charge is -2.16. The van der Waals surface area contributed by atoms with Crippen LogP contribution < -0.4 is 10.6 Å². The number of hydrogen-bond acceptors (Lipinski definition) is 5. The van der Waals surface area contributed by atoms with Gasteiger partial charge in [0.1, 0.15) is 17.5 Å². The van der Waals surface area contributed by atoms with Crippen LogP contribution >= 0.6 is 0 Å². The summed E-state index contributed by atoms with van der Waals surface area (Å²) in [5.41, 5.74) is 0. The van der Waals surface area contributed by atoms with Crippen molar-refractivity contribution in [2.75, 3.05) is 30.4 Å². The first-order chi connectivity index (χ1) is 9.22. The average molecular weight is 264 g/mol. The van der Waals surface area contributed by atoms with Crippen LogP contribution in [0.15, 0.2) is 6.07 Å². The summed E-state index contributed by atoms with van der Waals surface area (Å²) in [5.74, 6) is 3.32. The fraction of sp³-hybridized carbons (Fsp3) is 0.714. The summed E-state index contributed by atoms with van der Waals surface area (Å²) in [6.45, 7) is 8.48. The molecule has 0 spiro atoms. The van der Waals surface area contributed by atoms with Crippen molar-refractivity contribution in [3.05, 3.63) is 11.9 Å². The molecule has 1 unspecified atom stereocenters. The highest BCUT2D eigenvalue weighted by Crippen LogP contribution is 2.38. The Kier molecular flexibility index (Phi) is 4.96. The third-order valence-corrected chi connectivity index (χ3v) is 3.01. The van der Waals surface area contributed by atoms with E-state index in [0.29, 0.717) is 12.5 Å². The van der Waals surface area contributed by atoms with Crippen molar-refractivity contribution < 1.29 is 4.74 Å². The summed E-state index contributed by atoms with van der Waals surface area (Å²) in [5, 5.41) is 6.65. The molecule has 1 aliphatic rings. The van der Waals surface area contributed by atoms with Crippen LogP contribution in [0, 0.1) is 0 Å². The van der Waals surface area contributed by atoms with Gasteiger partial charge >= 0.3 is 0 Å². The minimum Gasteiger partial charge on any atom is -0.380 e. The molecule has 2 rings (SSSR count). The second-order valence-electron chi connectivity index (χ2n) is 5.01. The van der Waals surface area contributed by atoms with Gasteiger partial charge in [0.15, 0.2) is 0 Å². The first-order valence-electron chi connectivity index (χ1n) is 7.20. The quantitative estimate of drug-likeness (QED) is 0.756. The monoisotopic (exact) mass is 264 g/mol. The van der Waals surface area contributed by atoms with Crippen molar-refractivity contribution in [1.82, 2.24) is 9.97 Å². The third kappa shape index (κ3) is 4.35. The molecule has 0 saturated heterocycles. The SMILES string of the molecule is CCNc1cc(NC(C)COCC)nc(C2CC2)n1. The lowest BCUT2D eigenvalue weighted by atomic mass is 10.3. The second kappa shape index (κ2) is 6.70. The summed E-state index contributed by atoms with van der Waals surface area (Å²) < 4.78 is 5.41.